The highest BCUT2D eigenvalue weighted by atomic mass is 19.1. The Kier molecular flexibility index (Phi) is 3.31. The van der Waals surface area contributed by atoms with E-state index in [1.54, 1.807) is 25.3 Å². The SMILES string of the molecule is COc1ccc(-c2c/c(=N/O)c3cc(F)ccc3o2)cc1. The number of nitrogens with zero attached hydrogens (tertiary/aromatic N) is 1. The van der Waals surface area contributed by atoms with Crippen LogP contribution < -0.4 is 10.1 Å². The molecule has 3 rings (SSSR count). The van der Waals surface area contributed by atoms with Gasteiger partial charge in [0.1, 0.15) is 28.3 Å². The van der Waals surface area contributed by atoms with Crippen LogP contribution in [0.2, 0.25) is 0 Å². The second-order valence-electron chi connectivity index (χ2n) is 4.46. The van der Waals surface area contributed by atoms with Gasteiger partial charge in [-0.2, -0.15) is 0 Å². The minimum atomic E-state index is -0.417. The lowest BCUT2D eigenvalue weighted by Crippen LogP contribution is -2.03. The van der Waals surface area contributed by atoms with Crippen molar-refractivity contribution in [2.45, 2.75) is 0 Å². The summed E-state index contributed by atoms with van der Waals surface area (Å²) in [4.78, 5) is 0. The molecule has 5 heteroatoms. The van der Waals surface area contributed by atoms with Gasteiger partial charge in [-0.1, -0.05) is 5.16 Å². The molecule has 1 N–H and O–H groups in total. The zero-order chi connectivity index (χ0) is 14.8. The zero-order valence-electron chi connectivity index (χ0n) is 11.2. The van der Waals surface area contributed by atoms with Gasteiger partial charge in [0.15, 0.2) is 0 Å². The summed E-state index contributed by atoms with van der Waals surface area (Å²) in [5.41, 5.74) is 1.24. The fraction of sp³-hybridized carbons (Fsp3) is 0.0625. The molecule has 0 radical (unpaired) electrons. The van der Waals surface area contributed by atoms with Crippen LogP contribution >= 0.6 is 0 Å². The molecule has 0 atom stereocenters. The average molecular weight is 285 g/mol. The fourth-order valence-electron chi connectivity index (χ4n) is 2.12. The van der Waals surface area contributed by atoms with Gasteiger partial charge in [-0.15, -0.1) is 0 Å². The molecule has 0 saturated heterocycles. The monoisotopic (exact) mass is 285 g/mol. The van der Waals surface area contributed by atoms with E-state index in [-0.39, 0.29) is 5.36 Å². The Hall–Kier alpha value is -2.82. The highest BCUT2D eigenvalue weighted by Crippen LogP contribution is 2.24. The van der Waals surface area contributed by atoms with Gasteiger partial charge in [0.25, 0.3) is 0 Å². The van der Waals surface area contributed by atoms with E-state index >= 15 is 0 Å². The molecule has 3 aromatic rings. The molecule has 1 heterocycles. The lowest BCUT2D eigenvalue weighted by molar-refractivity contribution is 0.302. The minimum absolute atomic E-state index is 0.251. The highest BCUT2D eigenvalue weighted by Gasteiger charge is 2.07. The largest absolute Gasteiger partial charge is 0.497 e. The molecule has 4 nitrogen and oxygen atoms in total. The molecular weight excluding hydrogens is 273 g/mol. The van der Waals surface area contributed by atoms with E-state index in [2.05, 4.69) is 5.16 Å². The first kappa shape index (κ1) is 13.2. The van der Waals surface area contributed by atoms with Crippen molar-refractivity contribution in [2.75, 3.05) is 7.11 Å². The first-order valence-electron chi connectivity index (χ1n) is 6.27. The number of hydrogen-bond donors (Lipinski definition) is 1. The van der Waals surface area contributed by atoms with E-state index in [4.69, 9.17) is 14.4 Å². The quantitative estimate of drug-likeness (QED) is 0.579. The zero-order valence-corrected chi connectivity index (χ0v) is 11.2. The molecule has 0 bridgehead atoms. The molecule has 106 valence electrons. The van der Waals surface area contributed by atoms with Crippen molar-refractivity contribution < 1.29 is 18.8 Å². The van der Waals surface area contributed by atoms with Crippen LogP contribution in [0.1, 0.15) is 0 Å². The van der Waals surface area contributed by atoms with E-state index in [1.807, 2.05) is 12.1 Å². The van der Waals surface area contributed by atoms with E-state index in [9.17, 15) is 4.39 Å². The first-order chi connectivity index (χ1) is 10.2. The summed E-state index contributed by atoms with van der Waals surface area (Å²) in [5.74, 6) is 0.832. The van der Waals surface area contributed by atoms with E-state index in [0.29, 0.717) is 16.7 Å². The summed E-state index contributed by atoms with van der Waals surface area (Å²) in [7, 11) is 1.59. The molecule has 0 amide bonds. The van der Waals surface area contributed by atoms with Crippen molar-refractivity contribution in [1.82, 2.24) is 0 Å². The predicted octanol–water partition coefficient (Wildman–Crippen LogP) is 3.54. The number of methoxy groups -OCH3 is 1. The van der Waals surface area contributed by atoms with Crippen molar-refractivity contribution in [3.05, 3.63) is 59.7 Å². The van der Waals surface area contributed by atoms with Crippen LogP contribution in [-0.4, -0.2) is 12.3 Å². The molecular formula is C16H12FNO3. The summed E-state index contributed by atoms with van der Waals surface area (Å²) < 4.78 is 24.1. The Morgan fingerprint density at radius 1 is 1.10 bits per heavy atom. The van der Waals surface area contributed by atoms with Crippen LogP contribution in [-0.2, 0) is 0 Å². The minimum Gasteiger partial charge on any atom is -0.497 e. The third-order valence-corrected chi connectivity index (χ3v) is 3.19. The smallest absolute Gasteiger partial charge is 0.137 e. The van der Waals surface area contributed by atoms with Crippen molar-refractivity contribution in [2.24, 2.45) is 5.16 Å². The summed E-state index contributed by atoms with van der Waals surface area (Å²) in [6.45, 7) is 0. The van der Waals surface area contributed by atoms with Crippen molar-refractivity contribution >= 4 is 11.0 Å². The molecule has 0 aliphatic heterocycles. The summed E-state index contributed by atoms with van der Waals surface area (Å²) in [6, 6.07) is 12.9. The van der Waals surface area contributed by atoms with Gasteiger partial charge in [0.2, 0.25) is 0 Å². The number of ether oxygens (including phenoxy) is 1. The van der Waals surface area contributed by atoms with Crippen LogP contribution in [0.3, 0.4) is 0 Å². The molecule has 1 aromatic heterocycles. The predicted molar refractivity (Wildman–Crippen MR) is 75.5 cm³/mol. The molecule has 21 heavy (non-hydrogen) atoms. The second kappa shape index (κ2) is 5.28. The highest BCUT2D eigenvalue weighted by molar-refractivity contribution is 5.78. The van der Waals surface area contributed by atoms with Gasteiger partial charge in [0, 0.05) is 17.0 Å². The lowest BCUT2D eigenvalue weighted by Gasteiger charge is -2.05. The van der Waals surface area contributed by atoms with Crippen LogP contribution in [0, 0.1) is 5.82 Å². The van der Waals surface area contributed by atoms with Gasteiger partial charge in [-0.3, -0.25) is 0 Å². The third-order valence-electron chi connectivity index (χ3n) is 3.19. The van der Waals surface area contributed by atoms with Crippen LogP contribution in [0.4, 0.5) is 4.39 Å². The molecule has 0 fully saturated rings. The number of hydrogen-bond acceptors (Lipinski definition) is 4. The molecule has 0 spiro atoms. The second-order valence-corrected chi connectivity index (χ2v) is 4.46. The number of halogens is 1. The Morgan fingerprint density at radius 3 is 2.52 bits per heavy atom. The topological polar surface area (TPSA) is 55.0 Å². The van der Waals surface area contributed by atoms with E-state index in [1.165, 1.54) is 18.2 Å². The maximum atomic E-state index is 13.3. The van der Waals surface area contributed by atoms with Gasteiger partial charge < -0.3 is 14.4 Å². The van der Waals surface area contributed by atoms with Crippen molar-refractivity contribution in [3.8, 4) is 17.1 Å². The Morgan fingerprint density at radius 2 is 1.86 bits per heavy atom. The molecule has 0 unspecified atom stereocenters. The van der Waals surface area contributed by atoms with Gasteiger partial charge >= 0.3 is 0 Å². The van der Waals surface area contributed by atoms with E-state index < -0.39 is 5.82 Å². The van der Waals surface area contributed by atoms with Crippen LogP contribution in [0.15, 0.2) is 58.1 Å². The van der Waals surface area contributed by atoms with Gasteiger partial charge in [-0.25, -0.2) is 4.39 Å². The summed E-state index contributed by atoms with van der Waals surface area (Å²) in [5, 5.41) is 13.0. The summed E-state index contributed by atoms with van der Waals surface area (Å²) >= 11 is 0. The lowest BCUT2D eigenvalue weighted by atomic mass is 10.1. The van der Waals surface area contributed by atoms with Gasteiger partial charge in [-0.05, 0) is 42.5 Å². The molecule has 0 aliphatic rings. The van der Waals surface area contributed by atoms with Crippen molar-refractivity contribution in [3.63, 3.8) is 0 Å². The summed E-state index contributed by atoms with van der Waals surface area (Å²) in [6.07, 6.45) is 0. The number of benzene rings is 2. The molecule has 0 aliphatic carbocycles. The fourth-order valence-corrected chi connectivity index (χ4v) is 2.12. The first-order valence-corrected chi connectivity index (χ1v) is 6.27. The maximum absolute atomic E-state index is 13.3. The average Bonchev–Trinajstić information content (AvgIpc) is 2.54. The van der Waals surface area contributed by atoms with Crippen LogP contribution in [0.5, 0.6) is 5.75 Å². The maximum Gasteiger partial charge on any atom is 0.137 e. The van der Waals surface area contributed by atoms with Crippen molar-refractivity contribution in [1.29, 1.82) is 0 Å². The Bertz CT molecular complexity index is 854. The van der Waals surface area contributed by atoms with E-state index in [0.717, 1.165) is 11.3 Å². The molecule has 2 aromatic carbocycles. The normalized spacial score (nSPS) is 11.8. The Balaban J connectivity index is 2.21. The van der Waals surface area contributed by atoms with Gasteiger partial charge in [0.05, 0.1) is 7.11 Å². The molecule has 0 saturated carbocycles. The Labute approximate surface area is 119 Å². The third kappa shape index (κ3) is 2.45. The van der Waals surface area contributed by atoms with Crippen LogP contribution in [0.25, 0.3) is 22.3 Å². The number of fused-ring (bicyclic) bond motifs is 1. The number of rotatable bonds is 2. The standard InChI is InChI=1S/C16H12FNO3/c1-20-12-5-2-10(3-6-12)16-9-14(18-19)13-8-11(17)4-7-15(13)21-16/h2-9,19H,1H3/b18-14-.